The third-order valence-electron chi connectivity index (χ3n) is 3.98. The van der Waals surface area contributed by atoms with Crippen LogP contribution in [0.2, 0.25) is 5.02 Å². The van der Waals surface area contributed by atoms with Crippen molar-refractivity contribution >= 4 is 56.5 Å². The number of carbonyl (C=O) groups excluding carboxylic acids is 1. The average Bonchev–Trinajstić information content (AvgIpc) is 3.09. The summed E-state index contributed by atoms with van der Waals surface area (Å²) >= 11 is 8.97. The van der Waals surface area contributed by atoms with E-state index in [-0.39, 0.29) is 11.7 Å². The van der Waals surface area contributed by atoms with E-state index >= 15 is 0 Å². The summed E-state index contributed by atoms with van der Waals surface area (Å²) in [5, 5.41) is 3.48. The van der Waals surface area contributed by atoms with Gasteiger partial charge >= 0.3 is 0 Å². The molecule has 3 aromatic carbocycles. The molecule has 0 atom stereocenters. The molecule has 7 heteroatoms. The molecule has 0 radical (unpaired) electrons. The molecule has 4 aromatic rings. The minimum Gasteiger partial charge on any atom is -0.322 e. The van der Waals surface area contributed by atoms with Crippen LogP contribution in [-0.4, -0.2) is 10.9 Å². The Morgan fingerprint density at radius 3 is 2.71 bits per heavy atom. The number of hydrogen-bond acceptors (Lipinski definition) is 4. The van der Waals surface area contributed by atoms with Crippen molar-refractivity contribution in [1.29, 1.82) is 0 Å². The smallest absolute Gasteiger partial charge is 0.255 e. The highest BCUT2D eigenvalue weighted by Crippen LogP contribution is 2.33. The second-order valence-corrected chi connectivity index (χ2v) is 8.73. The fourth-order valence-corrected chi connectivity index (χ4v) is 4.80. The lowest BCUT2D eigenvalue weighted by atomic mass is 10.2. The average molecular weight is 429 g/mol. The van der Waals surface area contributed by atoms with Gasteiger partial charge in [-0.3, -0.25) is 4.79 Å². The normalized spacial score (nSPS) is 10.9. The number of halogens is 2. The van der Waals surface area contributed by atoms with E-state index in [2.05, 4.69) is 10.3 Å². The van der Waals surface area contributed by atoms with Gasteiger partial charge < -0.3 is 5.32 Å². The van der Waals surface area contributed by atoms with Gasteiger partial charge in [-0.15, -0.1) is 11.3 Å². The van der Waals surface area contributed by atoms with Crippen molar-refractivity contribution in [2.75, 3.05) is 5.32 Å². The molecule has 0 bridgehead atoms. The number of aromatic nitrogens is 1. The molecule has 1 aromatic heterocycles. The van der Waals surface area contributed by atoms with Crippen LogP contribution in [0.1, 0.15) is 15.9 Å². The number of hydrogen-bond donors (Lipinski definition) is 1. The summed E-state index contributed by atoms with van der Waals surface area (Å²) in [5.41, 5.74) is 3.04. The Balaban J connectivity index is 1.46. The Kier molecular flexibility index (Phi) is 5.62. The lowest BCUT2D eigenvalue weighted by Gasteiger charge is -2.05. The van der Waals surface area contributed by atoms with E-state index in [0.29, 0.717) is 22.0 Å². The minimum absolute atomic E-state index is 0.193. The van der Waals surface area contributed by atoms with E-state index in [4.69, 9.17) is 11.6 Å². The molecule has 1 amide bonds. The monoisotopic (exact) mass is 428 g/mol. The first-order valence-corrected chi connectivity index (χ1v) is 10.6. The van der Waals surface area contributed by atoms with Crippen molar-refractivity contribution in [3.05, 3.63) is 88.7 Å². The number of thioether (sulfide) groups is 1. The highest BCUT2D eigenvalue weighted by Gasteiger charge is 2.09. The molecule has 0 aliphatic carbocycles. The van der Waals surface area contributed by atoms with Gasteiger partial charge in [0.15, 0.2) is 4.34 Å². The molecule has 0 saturated heterocycles. The molecule has 1 heterocycles. The van der Waals surface area contributed by atoms with E-state index in [0.717, 1.165) is 20.1 Å². The zero-order valence-electron chi connectivity index (χ0n) is 14.5. The van der Waals surface area contributed by atoms with E-state index in [1.165, 1.54) is 12.1 Å². The van der Waals surface area contributed by atoms with Gasteiger partial charge in [0.25, 0.3) is 5.91 Å². The second kappa shape index (κ2) is 8.31. The van der Waals surface area contributed by atoms with Crippen LogP contribution in [0.15, 0.2) is 71.1 Å². The molecule has 140 valence electrons. The third-order valence-corrected chi connectivity index (χ3v) is 6.47. The number of thiazole rings is 1. The van der Waals surface area contributed by atoms with Crippen LogP contribution in [0.25, 0.3) is 10.2 Å². The molecule has 0 aliphatic rings. The van der Waals surface area contributed by atoms with Crippen LogP contribution in [0.5, 0.6) is 0 Å². The van der Waals surface area contributed by atoms with Crippen LogP contribution in [0, 0.1) is 5.82 Å². The van der Waals surface area contributed by atoms with Crippen molar-refractivity contribution in [1.82, 2.24) is 4.98 Å². The highest BCUT2D eigenvalue weighted by atomic mass is 35.5. The van der Waals surface area contributed by atoms with Crippen LogP contribution in [-0.2, 0) is 5.75 Å². The molecule has 0 fully saturated rings. The Morgan fingerprint density at radius 2 is 1.93 bits per heavy atom. The van der Waals surface area contributed by atoms with Crippen molar-refractivity contribution < 1.29 is 9.18 Å². The van der Waals surface area contributed by atoms with Crippen LogP contribution >= 0.6 is 34.7 Å². The van der Waals surface area contributed by atoms with Gasteiger partial charge in [-0.1, -0.05) is 35.5 Å². The van der Waals surface area contributed by atoms with Gasteiger partial charge in [-0.25, -0.2) is 9.37 Å². The number of amides is 1. The first kappa shape index (κ1) is 18.9. The van der Waals surface area contributed by atoms with Gasteiger partial charge in [0.05, 0.1) is 10.2 Å². The van der Waals surface area contributed by atoms with Gasteiger partial charge in [0.2, 0.25) is 0 Å². The number of fused-ring (bicyclic) bond motifs is 1. The van der Waals surface area contributed by atoms with E-state index in [1.807, 2.05) is 24.3 Å². The molecule has 3 nitrogen and oxygen atoms in total. The summed E-state index contributed by atoms with van der Waals surface area (Å²) in [6, 6.07) is 18.9. The van der Waals surface area contributed by atoms with Crippen LogP contribution < -0.4 is 5.32 Å². The zero-order chi connectivity index (χ0) is 19.5. The maximum Gasteiger partial charge on any atom is 0.255 e. The summed E-state index contributed by atoms with van der Waals surface area (Å²) in [6.45, 7) is 0. The molecule has 1 N–H and O–H groups in total. The number of nitrogens with zero attached hydrogens (tertiary/aromatic N) is 1. The predicted molar refractivity (Wildman–Crippen MR) is 115 cm³/mol. The molecule has 4 rings (SSSR count). The standard InChI is InChI=1S/C21H14ClFN2OS2/c22-15-6-4-14(5-7-15)20(26)24-17-8-9-18-19(11-17)28-21(25-18)27-12-13-2-1-3-16(23)10-13/h1-11H,12H2,(H,24,26). The second-order valence-electron chi connectivity index (χ2n) is 6.04. The Morgan fingerprint density at radius 1 is 1.11 bits per heavy atom. The third kappa shape index (κ3) is 4.52. The lowest BCUT2D eigenvalue weighted by molar-refractivity contribution is 0.102. The zero-order valence-corrected chi connectivity index (χ0v) is 16.9. The number of benzene rings is 3. The van der Waals surface area contributed by atoms with Crippen LogP contribution in [0.4, 0.5) is 10.1 Å². The molecular formula is C21H14ClFN2OS2. The van der Waals surface area contributed by atoms with Gasteiger partial charge in [0, 0.05) is 22.0 Å². The van der Waals surface area contributed by atoms with Crippen molar-refractivity contribution in [2.45, 2.75) is 10.1 Å². The summed E-state index contributed by atoms with van der Waals surface area (Å²) in [5.74, 6) is 0.224. The fraction of sp³-hybridized carbons (Fsp3) is 0.0476. The van der Waals surface area contributed by atoms with Gasteiger partial charge in [-0.05, 0) is 60.2 Å². The van der Waals surface area contributed by atoms with E-state index in [1.54, 1.807) is 53.4 Å². The number of rotatable bonds is 5. The molecule has 0 spiro atoms. The first-order valence-electron chi connectivity index (χ1n) is 8.41. The lowest BCUT2D eigenvalue weighted by Crippen LogP contribution is -2.11. The Bertz CT molecular complexity index is 1140. The number of anilines is 1. The van der Waals surface area contributed by atoms with Gasteiger partial charge in [-0.2, -0.15) is 0 Å². The molecule has 0 unspecified atom stereocenters. The maximum atomic E-state index is 13.3. The summed E-state index contributed by atoms with van der Waals surface area (Å²) in [4.78, 5) is 17.0. The first-order chi connectivity index (χ1) is 13.6. The highest BCUT2D eigenvalue weighted by molar-refractivity contribution is 8.00. The predicted octanol–water partition coefficient (Wildman–Crippen LogP) is 6.63. The SMILES string of the molecule is O=C(Nc1ccc2nc(SCc3cccc(F)c3)sc2c1)c1ccc(Cl)cc1. The number of carbonyl (C=O) groups is 1. The largest absolute Gasteiger partial charge is 0.322 e. The Hall–Kier alpha value is -2.41. The van der Waals surface area contributed by atoms with Crippen molar-refractivity contribution in [3.8, 4) is 0 Å². The topological polar surface area (TPSA) is 42.0 Å². The molecule has 0 saturated carbocycles. The molecular weight excluding hydrogens is 415 g/mol. The van der Waals surface area contributed by atoms with E-state index < -0.39 is 0 Å². The van der Waals surface area contributed by atoms with E-state index in [9.17, 15) is 9.18 Å². The minimum atomic E-state index is -0.233. The van der Waals surface area contributed by atoms with Gasteiger partial charge in [0.1, 0.15) is 5.82 Å². The Labute approximate surface area is 174 Å². The summed E-state index contributed by atoms with van der Waals surface area (Å²) < 4.78 is 15.2. The summed E-state index contributed by atoms with van der Waals surface area (Å²) in [6.07, 6.45) is 0. The quantitative estimate of drug-likeness (QED) is 0.362. The fourth-order valence-electron chi connectivity index (χ4n) is 2.62. The summed E-state index contributed by atoms with van der Waals surface area (Å²) in [7, 11) is 0. The van der Waals surface area contributed by atoms with Crippen molar-refractivity contribution in [3.63, 3.8) is 0 Å². The number of nitrogens with one attached hydrogen (secondary N) is 1. The maximum absolute atomic E-state index is 13.3. The van der Waals surface area contributed by atoms with Crippen molar-refractivity contribution in [2.24, 2.45) is 0 Å². The van der Waals surface area contributed by atoms with Crippen LogP contribution in [0.3, 0.4) is 0 Å². The molecule has 0 aliphatic heterocycles. The molecule has 28 heavy (non-hydrogen) atoms.